The summed E-state index contributed by atoms with van der Waals surface area (Å²) in [5, 5.41) is 1.31. The number of aromatic amines is 1. The molecule has 0 radical (unpaired) electrons. The Morgan fingerprint density at radius 1 is 1.00 bits per heavy atom. The maximum atomic E-state index is 5.49. The number of benzene rings is 2. The summed E-state index contributed by atoms with van der Waals surface area (Å²) in [6.07, 6.45) is 0.849. The van der Waals surface area contributed by atoms with Gasteiger partial charge in [0.1, 0.15) is 5.75 Å². The molecular formula is C19H22N2O. The summed E-state index contributed by atoms with van der Waals surface area (Å²) < 4.78 is 5.49. The van der Waals surface area contributed by atoms with Crippen molar-refractivity contribution in [2.75, 3.05) is 21.2 Å². The number of methoxy groups -OCH3 is 1. The molecule has 0 atom stereocenters. The van der Waals surface area contributed by atoms with Crippen LogP contribution in [0.5, 0.6) is 5.75 Å². The van der Waals surface area contributed by atoms with Crippen LogP contribution in [-0.2, 0) is 13.0 Å². The van der Waals surface area contributed by atoms with Gasteiger partial charge in [-0.05, 0) is 37.4 Å². The molecule has 3 rings (SSSR count). The van der Waals surface area contributed by atoms with Crippen molar-refractivity contribution < 1.29 is 4.74 Å². The van der Waals surface area contributed by atoms with Gasteiger partial charge in [0.2, 0.25) is 0 Å². The molecule has 2 aromatic carbocycles. The lowest BCUT2D eigenvalue weighted by Crippen LogP contribution is -2.12. The third-order valence-electron chi connectivity index (χ3n) is 3.94. The molecule has 0 aliphatic heterocycles. The molecule has 3 heteroatoms. The van der Waals surface area contributed by atoms with Crippen molar-refractivity contribution >= 4 is 10.9 Å². The Kier molecular flexibility index (Phi) is 4.16. The van der Waals surface area contributed by atoms with Gasteiger partial charge in [0.05, 0.1) is 7.11 Å². The average molecular weight is 294 g/mol. The van der Waals surface area contributed by atoms with Gasteiger partial charge in [0.15, 0.2) is 0 Å². The molecule has 0 aliphatic rings. The third-order valence-corrected chi connectivity index (χ3v) is 3.94. The van der Waals surface area contributed by atoms with E-state index in [1.807, 2.05) is 12.1 Å². The summed E-state index contributed by atoms with van der Waals surface area (Å²) in [6, 6.07) is 16.7. The minimum atomic E-state index is 0.849. The molecule has 0 aliphatic carbocycles. The molecule has 3 nitrogen and oxygen atoms in total. The molecule has 1 aromatic heterocycles. The largest absolute Gasteiger partial charge is 0.496 e. The van der Waals surface area contributed by atoms with Crippen molar-refractivity contribution in [1.82, 2.24) is 9.88 Å². The van der Waals surface area contributed by atoms with E-state index in [1.54, 1.807) is 7.11 Å². The van der Waals surface area contributed by atoms with Gasteiger partial charge in [-0.15, -0.1) is 0 Å². The topological polar surface area (TPSA) is 28.3 Å². The van der Waals surface area contributed by atoms with Crippen LogP contribution in [-0.4, -0.2) is 31.1 Å². The van der Waals surface area contributed by atoms with Crippen molar-refractivity contribution in [2.45, 2.75) is 13.0 Å². The molecule has 0 fully saturated rings. The van der Waals surface area contributed by atoms with E-state index in [0.29, 0.717) is 0 Å². The number of para-hydroxylation sites is 2. The minimum absolute atomic E-state index is 0.849. The van der Waals surface area contributed by atoms with Gasteiger partial charge < -0.3 is 14.6 Å². The molecule has 0 spiro atoms. The number of hydrogen-bond acceptors (Lipinski definition) is 2. The van der Waals surface area contributed by atoms with Gasteiger partial charge in [0, 0.05) is 29.6 Å². The van der Waals surface area contributed by atoms with Crippen LogP contribution in [0.15, 0.2) is 48.5 Å². The summed E-state index contributed by atoms with van der Waals surface area (Å²) in [7, 11) is 5.94. The van der Waals surface area contributed by atoms with E-state index < -0.39 is 0 Å². The smallest absolute Gasteiger partial charge is 0.122 e. The van der Waals surface area contributed by atoms with Crippen molar-refractivity contribution in [3.05, 3.63) is 65.4 Å². The molecular weight excluding hydrogens is 272 g/mol. The second-order valence-corrected chi connectivity index (χ2v) is 5.85. The second kappa shape index (κ2) is 6.24. The highest BCUT2D eigenvalue weighted by molar-refractivity contribution is 5.84. The molecule has 0 unspecified atom stereocenters. The predicted molar refractivity (Wildman–Crippen MR) is 91.5 cm³/mol. The molecule has 1 N–H and O–H groups in total. The Bertz CT molecular complexity index is 774. The van der Waals surface area contributed by atoms with E-state index in [1.165, 1.54) is 27.7 Å². The van der Waals surface area contributed by atoms with Crippen LogP contribution in [0.3, 0.4) is 0 Å². The summed E-state index contributed by atoms with van der Waals surface area (Å²) in [6.45, 7) is 0.925. The van der Waals surface area contributed by atoms with Crippen LogP contribution in [0.1, 0.15) is 16.8 Å². The lowest BCUT2D eigenvalue weighted by atomic mass is 10.0. The fourth-order valence-corrected chi connectivity index (χ4v) is 2.94. The number of nitrogens with one attached hydrogen (secondary N) is 1. The van der Waals surface area contributed by atoms with Crippen molar-refractivity contribution in [1.29, 1.82) is 0 Å². The van der Waals surface area contributed by atoms with Gasteiger partial charge in [-0.25, -0.2) is 0 Å². The maximum Gasteiger partial charge on any atom is 0.122 e. The molecule has 0 amide bonds. The van der Waals surface area contributed by atoms with Crippen molar-refractivity contribution in [3.8, 4) is 5.75 Å². The number of H-pyrrole nitrogens is 1. The monoisotopic (exact) mass is 294 g/mol. The van der Waals surface area contributed by atoms with Crippen molar-refractivity contribution in [3.63, 3.8) is 0 Å². The molecule has 3 aromatic rings. The number of fused-ring (bicyclic) bond motifs is 1. The molecule has 22 heavy (non-hydrogen) atoms. The zero-order chi connectivity index (χ0) is 15.5. The van der Waals surface area contributed by atoms with Gasteiger partial charge in [-0.2, -0.15) is 0 Å². The third kappa shape index (κ3) is 2.85. The van der Waals surface area contributed by atoms with E-state index in [0.717, 1.165) is 18.7 Å². The predicted octanol–water partition coefficient (Wildman–Crippen LogP) is 3.83. The number of hydrogen-bond donors (Lipinski definition) is 1. The SMILES string of the molecule is COc1ccccc1Cc1[nH]c2ccccc2c1CN(C)C. The lowest BCUT2D eigenvalue weighted by molar-refractivity contribution is 0.401. The van der Waals surface area contributed by atoms with Crippen LogP contribution >= 0.6 is 0 Å². The molecule has 0 bridgehead atoms. The van der Waals surface area contributed by atoms with Crippen LogP contribution in [0, 0.1) is 0 Å². The number of rotatable bonds is 5. The lowest BCUT2D eigenvalue weighted by Gasteiger charge is -2.12. The highest BCUT2D eigenvalue weighted by Crippen LogP contribution is 2.28. The average Bonchev–Trinajstić information content (AvgIpc) is 2.85. The Labute approximate surface area is 131 Å². The first kappa shape index (κ1) is 14.7. The second-order valence-electron chi connectivity index (χ2n) is 5.85. The highest BCUT2D eigenvalue weighted by atomic mass is 16.5. The Morgan fingerprint density at radius 2 is 1.73 bits per heavy atom. The Balaban J connectivity index is 2.06. The zero-order valence-corrected chi connectivity index (χ0v) is 13.4. The van der Waals surface area contributed by atoms with E-state index in [-0.39, 0.29) is 0 Å². The van der Waals surface area contributed by atoms with Crippen LogP contribution in [0.2, 0.25) is 0 Å². The van der Waals surface area contributed by atoms with Gasteiger partial charge in [0.25, 0.3) is 0 Å². The Hall–Kier alpha value is -2.26. The standard InChI is InChI=1S/C19H22N2O/c1-21(2)13-16-15-9-5-6-10-17(15)20-18(16)12-14-8-4-7-11-19(14)22-3/h4-11,20H,12-13H2,1-3H3. The van der Waals surface area contributed by atoms with Crippen LogP contribution in [0.25, 0.3) is 10.9 Å². The number of nitrogens with zero attached hydrogens (tertiary/aromatic N) is 1. The first-order valence-electron chi connectivity index (χ1n) is 7.54. The first-order chi connectivity index (χ1) is 10.7. The Morgan fingerprint density at radius 3 is 2.50 bits per heavy atom. The van der Waals surface area contributed by atoms with Crippen molar-refractivity contribution in [2.24, 2.45) is 0 Å². The quantitative estimate of drug-likeness (QED) is 0.774. The summed E-state index contributed by atoms with van der Waals surface area (Å²) in [5.74, 6) is 0.942. The van der Waals surface area contributed by atoms with Gasteiger partial charge >= 0.3 is 0 Å². The van der Waals surface area contributed by atoms with E-state index in [4.69, 9.17) is 4.74 Å². The number of ether oxygens (including phenoxy) is 1. The van der Waals surface area contributed by atoms with Crippen LogP contribution < -0.4 is 4.74 Å². The zero-order valence-electron chi connectivity index (χ0n) is 13.4. The summed E-state index contributed by atoms with van der Waals surface area (Å²) in [5.41, 5.74) is 5.03. The van der Waals surface area contributed by atoms with E-state index >= 15 is 0 Å². The summed E-state index contributed by atoms with van der Waals surface area (Å²) in [4.78, 5) is 5.80. The molecule has 0 saturated heterocycles. The van der Waals surface area contributed by atoms with Crippen LogP contribution in [0.4, 0.5) is 0 Å². The number of aromatic nitrogens is 1. The first-order valence-corrected chi connectivity index (χ1v) is 7.54. The minimum Gasteiger partial charge on any atom is -0.496 e. The fraction of sp³-hybridized carbons (Fsp3) is 0.263. The summed E-state index contributed by atoms with van der Waals surface area (Å²) >= 11 is 0. The molecule has 1 heterocycles. The van der Waals surface area contributed by atoms with Gasteiger partial charge in [-0.3, -0.25) is 0 Å². The van der Waals surface area contributed by atoms with E-state index in [9.17, 15) is 0 Å². The maximum absolute atomic E-state index is 5.49. The highest BCUT2D eigenvalue weighted by Gasteiger charge is 2.14. The molecule has 0 saturated carbocycles. The van der Waals surface area contributed by atoms with E-state index in [2.05, 4.69) is 60.4 Å². The normalized spacial score (nSPS) is 11.3. The van der Waals surface area contributed by atoms with Gasteiger partial charge in [-0.1, -0.05) is 36.4 Å². The fourth-order valence-electron chi connectivity index (χ4n) is 2.94. The molecule has 114 valence electrons.